The highest BCUT2D eigenvalue weighted by atomic mass is 16.5. The van der Waals surface area contributed by atoms with Crippen LogP contribution in [-0.2, 0) is 6.54 Å². The van der Waals surface area contributed by atoms with Gasteiger partial charge in [0.1, 0.15) is 5.75 Å². The Bertz CT molecular complexity index is 759. The van der Waals surface area contributed by atoms with Gasteiger partial charge in [0.25, 0.3) is 0 Å². The van der Waals surface area contributed by atoms with Gasteiger partial charge >= 0.3 is 0 Å². The van der Waals surface area contributed by atoms with Crippen molar-refractivity contribution in [2.45, 2.75) is 13.5 Å². The molecule has 0 aromatic heterocycles. The molecule has 0 heterocycles. The third-order valence-corrected chi connectivity index (χ3v) is 3.78. The molecule has 2 nitrogen and oxygen atoms in total. The molecule has 0 amide bonds. The van der Waals surface area contributed by atoms with Crippen LogP contribution in [0, 0.1) is 6.92 Å². The van der Waals surface area contributed by atoms with Gasteiger partial charge in [-0.1, -0.05) is 42.5 Å². The fourth-order valence-corrected chi connectivity index (χ4v) is 2.60. The lowest BCUT2D eigenvalue weighted by atomic mass is 10.0. The Hall–Kier alpha value is -2.48. The number of hydrogen-bond donors (Lipinski definition) is 1. The van der Waals surface area contributed by atoms with E-state index in [1.807, 2.05) is 12.1 Å². The topological polar surface area (TPSA) is 21.3 Å². The van der Waals surface area contributed by atoms with Crippen LogP contribution in [0.2, 0.25) is 0 Å². The highest BCUT2D eigenvalue weighted by Gasteiger charge is 2.03. The first kappa shape index (κ1) is 13.5. The largest absolute Gasteiger partial charge is 0.497 e. The Morgan fingerprint density at radius 3 is 2.57 bits per heavy atom. The molecule has 3 aromatic carbocycles. The molecule has 0 aliphatic heterocycles. The molecule has 0 saturated carbocycles. The molecule has 0 spiro atoms. The standard InChI is InChI=1S/C19H19NO/c1-14-12-17(21-2)10-11-19(14)20-13-16-8-5-7-15-6-3-4-9-18(15)16/h3-12,20H,13H2,1-2H3. The summed E-state index contributed by atoms with van der Waals surface area (Å²) >= 11 is 0. The Morgan fingerprint density at radius 2 is 1.76 bits per heavy atom. The lowest BCUT2D eigenvalue weighted by Gasteiger charge is -2.12. The first-order valence-electron chi connectivity index (χ1n) is 7.13. The van der Waals surface area contributed by atoms with Crippen molar-refractivity contribution in [3.8, 4) is 5.75 Å². The van der Waals surface area contributed by atoms with E-state index in [0.717, 1.165) is 18.0 Å². The van der Waals surface area contributed by atoms with Gasteiger partial charge in [-0.05, 0) is 47.0 Å². The van der Waals surface area contributed by atoms with Crippen molar-refractivity contribution >= 4 is 16.5 Å². The number of aryl methyl sites for hydroxylation is 1. The van der Waals surface area contributed by atoms with Crippen molar-refractivity contribution in [2.75, 3.05) is 12.4 Å². The Kier molecular flexibility index (Phi) is 3.78. The maximum atomic E-state index is 5.24. The first-order chi connectivity index (χ1) is 10.3. The van der Waals surface area contributed by atoms with Crippen LogP contribution in [0.25, 0.3) is 10.8 Å². The zero-order chi connectivity index (χ0) is 14.7. The summed E-state index contributed by atoms with van der Waals surface area (Å²) in [4.78, 5) is 0. The molecule has 3 rings (SSSR count). The number of hydrogen-bond acceptors (Lipinski definition) is 2. The Labute approximate surface area is 125 Å². The van der Waals surface area contributed by atoms with E-state index in [9.17, 15) is 0 Å². The SMILES string of the molecule is COc1ccc(NCc2cccc3ccccc23)c(C)c1. The van der Waals surface area contributed by atoms with Gasteiger partial charge in [-0.25, -0.2) is 0 Å². The van der Waals surface area contributed by atoms with Crippen LogP contribution in [0.4, 0.5) is 5.69 Å². The maximum Gasteiger partial charge on any atom is 0.119 e. The predicted octanol–water partition coefficient (Wildman–Crippen LogP) is 4.77. The van der Waals surface area contributed by atoms with E-state index in [0.29, 0.717) is 0 Å². The summed E-state index contributed by atoms with van der Waals surface area (Å²) < 4.78 is 5.24. The zero-order valence-electron chi connectivity index (χ0n) is 12.4. The molecule has 0 saturated heterocycles. The highest BCUT2D eigenvalue weighted by Crippen LogP contribution is 2.23. The summed E-state index contributed by atoms with van der Waals surface area (Å²) in [6.07, 6.45) is 0. The van der Waals surface area contributed by atoms with Crippen molar-refractivity contribution in [1.29, 1.82) is 0 Å². The summed E-state index contributed by atoms with van der Waals surface area (Å²) in [6, 6.07) is 21.0. The molecule has 0 unspecified atom stereocenters. The molecule has 0 fully saturated rings. The predicted molar refractivity (Wildman–Crippen MR) is 89.0 cm³/mol. The van der Waals surface area contributed by atoms with E-state index < -0.39 is 0 Å². The third-order valence-electron chi connectivity index (χ3n) is 3.78. The van der Waals surface area contributed by atoms with Crippen molar-refractivity contribution in [1.82, 2.24) is 0 Å². The summed E-state index contributed by atoms with van der Waals surface area (Å²) in [5.74, 6) is 0.892. The number of methoxy groups -OCH3 is 1. The summed E-state index contributed by atoms with van der Waals surface area (Å²) in [6.45, 7) is 2.91. The van der Waals surface area contributed by atoms with E-state index in [1.165, 1.54) is 21.9 Å². The van der Waals surface area contributed by atoms with E-state index >= 15 is 0 Å². The Balaban J connectivity index is 1.84. The molecular formula is C19H19NO. The van der Waals surface area contributed by atoms with Crippen LogP contribution < -0.4 is 10.1 Å². The summed E-state index contributed by atoms with van der Waals surface area (Å²) in [7, 11) is 1.69. The number of fused-ring (bicyclic) bond motifs is 1. The van der Waals surface area contributed by atoms with Crippen LogP contribution in [0.15, 0.2) is 60.7 Å². The van der Waals surface area contributed by atoms with E-state index in [1.54, 1.807) is 7.11 Å². The van der Waals surface area contributed by atoms with Gasteiger partial charge in [-0.15, -0.1) is 0 Å². The highest BCUT2D eigenvalue weighted by molar-refractivity contribution is 5.85. The number of rotatable bonds is 4. The molecule has 1 N–H and O–H groups in total. The average Bonchev–Trinajstić information content (AvgIpc) is 2.53. The van der Waals surface area contributed by atoms with Crippen molar-refractivity contribution in [3.63, 3.8) is 0 Å². The fourth-order valence-electron chi connectivity index (χ4n) is 2.60. The minimum Gasteiger partial charge on any atom is -0.497 e. The van der Waals surface area contributed by atoms with Gasteiger partial charge in [0.2, 0.25) is 0 Å². The van der Waals surface area contributed by atoms with E-state index in [4.69, 9.17) is 4.74 Å². The molecule has 0 radical (unpaired) electrons. The smallest absolute Gasteiger partial charge is 0.119 e. The monoisotopic (exact) mass is 277 g/mol. The van der Waals surface area contributed by atoms with Crippen molar-refractivity contribution < 1.29 is 4.74 Å². The number of nitrogens with one attached hydrogen (secondary N) is 1. The van der Waals surface area contributed by atoms with E-state index in [-0.39, 0.29) is 0 Å². The van der Waals surface area contributed by atoms with E-state index in [2.05, 4.69) is 60.8 Å². The summed E-state index contributed by atoms with van der Waals surface area (Å²) in [5.41, 5.74) is 3.64. The van der Waals surface area contributed by atoms with Crippen LogP contribution in [0.5, 0.6) is 5.75 Å². The van der Waals surface area contributed by atoms with Crippen molar-refractivity contribution in [3.05, 3.63) is 71.8 Å². The Morgan fingerprint density at radius 1 is 0.952 bits per heavy atom. The maximum absolute atomic E-state index is 5.24. The minimum absolute atomic E-state index is 0.814. The fraction of sp³-hybridized carbons (Fsp3) is 0.158. The van der Waals surface area contributed by atoms with Gasteiger partial charge in [0, 0.05) is 12.2 Å². The molecule has 2 heteroatoms. The molecular weight excluding hydrogens is 258 g/mol. The minimum atomic E-state index is 0.814. The van der Waals surface area contributed by atoms with Gasteiger partial charge in [-0.3, -0.25) is 0 Å². The quantitative estimate of drug-likeness (QED) is 0.741. The van der Waals surface area contributed by atoms with Crippen LogP contribution in [0.3, 0.4) is 0 Å². The number of benzene rings is 3. The van der Waals surface area contributed by atoms with Crippen LogP contribution >= 0.6 is 0 Å². The van der Waals surface area contributed by atoms with Gasteiger partial charge in [0.05, 0.1) is 7.11 Å². The van der Waals surface area contributed by atoms with Crippen LogP contribution in [-0.4, -0.2) is 7.11 Å². The lowest BCUT2D eigenvalue weighted by molar-refractivity contribution is 0.414. The average molecular weight is 277 g/mol. The second-order valence-corrected chi connectivity index (χ2v) is 5.17. The molecule has 0 aliphatic carbocycles. The second-order valence-electron chi connectivity index (χ2n) is 5.17. The van der Waals surface area contributed by atoms with Crippen molar-refractivity contribution in [2.24, 2.45) is 0 Å². The van der Waals surface area contributed by atoms with Gasteiger partial charge < -0.3 is 10.1 Å². The normalized spacial score (nSPS) is 10.6. The first-order valence-corrected chi connectivity index (χ1v) is 7.13. The second kappa shape index (κ2) is 5.88. The molecule has 0 atom stereocenters. The lowest BCUT2D eigenvalue weighted by Crippen LogP contribution is -2.01. The molecule has 21 heavy (non-hydrogen) atoms. The van der Waals surface area contributed by atoms with Gasteiger partial charge in [-0.2, -0.15) is 0 Å². The van der Waals surface area contributed by atoms with Crippen LogP contribution in [0.1, 0.15) is 11.1 Å². The molecule has 0 aliphatic rings. The molecule has 106 valence electrons. The molecule has 0 bridgehead atoms. The summed E-state index contributed by atoms with van der Waals surface area (Å²) in [5, 5.41) is 6.10. The number of anilines is 1. The van der Waals surface area contributed by atoms with Gasteiger partial charge in [0.15, 0.2) is 0 Å². The zero-order valence-corrected chi connectivity index (χ0v) is 12.4. The molecule has 3 aromatic rings. The third kappa shape index (κ3) is 2.84. The number of ether oxygens (including phenoxy) is 1.